The summed E-state index contributed by atoms with van der Waals surface area (Å²) in [6, 6.07) is 5.68. The summed E-state index contributed by atoms with van der Waals surface area (Å²) in [6.45, 7) is 1.86. The van der Waals surface area contributed by atoms with Crippen molar-refractivity contribution < 1.29 is 19.1 Å². The quantitative estimate of drug-likeness (QED) is 0.800. The lowest BCUT2D eigenvalue weighted by Crippen LogP contribution is -2.33. The first kappa shape index (κ1) is 14.3. The highest BCUT2D eigenvalue weighted by Gasteiger charge is 2.26. The first-order valence-electron chi connectivity index (χ1n) is 7.10. The smallest absolute Gasteiger partial charge is 0.239 e. The van der Waals surface area contributed by atoms with Crippen LogP contribution in [0.15, 0.2) is 23.1 Å². The molecule has 0 spiro atoms. The highest BCUT2D eigenvalue weighted by molar-refractivity contribution is 8.00. The van der Waals surface area contributed by atoms with Crippen LogP contribution in [0.5, 0.6) is 11.5 Å². The van der Waals surface area contributed by atoms with E-state index in [0.29, 0.717) is 26.2 Å². The molecule has 1 fully saturated rings. The van der Waals surface area contributed by atoms with Gasteiger partial charge < -0.3 is 9.47 Å². The van der Waals surface area contributed by atoms with Crippen LogP contribution < -0.4 is 9.47 Å². The number of thioether (sulfide) groups is 1. The first-order chi connectivity index (χ1) is 10.2. The fourth-order valence-electron chi connectivity index (χ4n) is 2.37. The van der Waals surface area contributed by atoms with Crippen LogP contribution in [-0.4, -0.2) is 42.2 Å². The molecule has 5 nitrogen and oxygen atoms in total. The molecule has 1 saturated heterocycles. The Morgan fingerprint density at radius 1 is 1.19 bits per heavy atom. The minimum Gasteiger partial charge on any atom is -0.490 e. The number of imide groups is 1. The molecule has 21 heavy (non-hydrogen) atoms. The van der Waals surface area contributed by atoms with Gasteiger partial charge in [-0.05, 0) is 24.6 Å². The van der Waals surface area contributed by atoms with Crippen molar-refractivity contribution in [3.05, 3.63) is 18.2 Å². The Labute approximate surface area is 127 Å². The second-order valence-corrected chi connectivity index (χ2v) is 6.04. The number of hydrogen-bond donors (Lipinski definition) is 0. The zero-order chi connectivity index (χ0) is 14.7. The Kier molecular flexibility index (Phi) is 4.34. The molecule has 2 amide bonds. The molecule has 6 heteroatoms. The third kappa shape index (κ3) is 3.32. The van der Waals surface area contributed by atoms with Crippen LogP contribution in [0.1, 0.15) is 19.3 Å². The van der Waals surface area contributed by atoms with Gasteiger partial charge in [0, 0.05) is 24.3 Å². The predicted molar refractivity (Wildman–Crippen MR) is 78.7 cm³/mol. The Balaban J connectivity index is 1.61. The number of nitrogens with zero attached hydrogens (tertiary/aromatic N) is 1. The largest absolute Gasteiger partial charge is 0.490 e. The van der Waals surface area contributed by atoms with E-state index in [9.17, 15) is 9.59 Å². The number of rotatable bonds is 3. The molecule has 2 heterocycles. The van der Waals surface area contributed by atoms with Gasteiger partial charge in [-0.25, -0.2) is 0 Å². The van der Waals surface area contributed by atoms with Crippen molar-refractivity contribution >= 4 is 23.6 Å². The number of carbonyl (C=O) groups excluding carboxylic acids is 2. The van der Waals surface area contributed by atoms with Crippen LogP contribution in [0, 0.1) is 0 Å². The fraction of sp³-hybridized carbons (Fsp3) is 0.467. The van der Waals surface area contributed by atoms with E-state index in [1.807, 2.05) is 18.2 Å². The number of fused-ring (bicyclic) bond motifs is 1. The molecule has 2 aliphatic heterocycles. The molecule has 2 aliphatic rings. The van der Waals surface area contributed by atoms with Crippen LogP contribution in [0.4, 0.5) is 0 Å². The average Bonchev–Trinajstić information content (AvgIpc) is 2.79. The lowest BCUT2D eigenvalue weighted by molar-refractivity contribution is -0.140. The maximum Gasteiger partial charge on any atom is 0.239 e. The van der Waals surface area contributed by atoms with Gasteiger partial charge in [0.25, 0.3) is 0 Å². The Hall–Kier alpha value is -1.69. The molecule has 0 saturated carbocycles. The van der Waals surface area contributed by atoms with E-state index in [2.05, 4.69) is 0 Å². The number of ether oxygens (including phenoxy) is 2. The van der Waals surface area contributed by atoms with E-state index in [4.69, 9.17) is 9.47 Å². The monoisotopic (exact) mass is 307 g/mol. The minimum atomic E-state index is -0.116. The SMILES string of the molecule is O=C1CCCN1C(=O)CSc1ccc2c(c1)OCCCO2. The summed E-state index contributed by atoms with van der Waals surface area (Å²) in [5.74, 6) is 1.57. The lowest BCUT2D eigenvalue weighted by atomic mass is 10.3. The van der Waals surface area contributed by atoms with Gasteiger partial charge in [0.05, 0.1) is 19.0 Å². The van der Waals surface area contributed by atoms with Crippen molar-refractivity contribution in [2.24, 2.45) is 0 Å². The minimum absolute atomic E-state index is 0.0562. The van der Waals surface area contributed by atoms with Gasteiger partial charge in [-0.3, -0.25) is 14.5 Å². The zero-order valence-corrected chi connectivity index (χ0v) is 12.5. The van der Waals surface area contributed by atoms with E-state index in [1.165, 1.54) is 16.7 Å². The number of carbonyl (C=O) groups is 2. The summed E-state index contributed by atoms with van der Waals surface area (Å²) in [6.07, 6.45) is 2.13. The molecule has 0 radical (unpaired) electrons. The standard InChI is InChI=1S/C15H17NO4S/c17-14-3-1-6-16(14)15(18)10-21-11-4-5-12-13(9-11)20-8-2-7-19-12/h4-5,9H,1-3,6-8,10H2. The highest BCUT2D eigenvalue weighted by Crippen LogP contribution is 2.34. The topological polar surface area (TPSA) is 55.8 Å². The molecule has 1 aromatic rings. The summed E-state index contributed by atoms with van der Waals surface area (Å²) in [5, 5.41) is 0. The number of hydrogen-bond acceptors (Lipinski definition) is 5. The Morgan fingerprint density at radius 2 is 2.00 bits per heavy atom. The average molecular weight is 307 g/mol. The van der Waals surface area contributed by atoms with E-state index < -0.39 is 0 Å². The number of amides is 2. The first-order valence-corrected chi connectivity index (χ1v) is 8.08. The normalized spacial score (nSPS) is 17.7. The van der Waals surface area contributed by atoms with Crippen molar-refractivity contribution in [1.82, 2.24) is 4.90 Å². The third-order valence-electron chi connectivity index (χ3n) is 3.46. The van der Waals surface area contributed by atoms with Crippen molar-refractivity contribution in [3.8, 4) is 11.5 Å². The molecular weight excluding hydrogens is 290 g/mol. The van der Waals surface area contributed by atoms with E-state index in [-0.39, 0.29) is 17.6 Å². The summed E-state index contributed by atoms with van der Waals surface area (Å²) >= 11 is 1.42. The Morgan fingerprint density at radius 3 is 2.76 bits per heavy atom. The van der Waals surface area contributed by atoms with Crippen molar-refractivity contribution in [2.45, 2.75) is 24.2 Å². The molecule has 3 rings (SSSR count). The van der Waals surface area contributed by atoms with Crippen LogP contribution in [0.2, 0.25) is 0 Å². The van der Waals surface area contributed by atoms with Crippen LogP contribution in [0.3, 0.4) is 0 Å². The number of likely N-dealkylation sites (tertiary alicyclic amines) is 1. The molecule has 0 atom stereocenters. The molecule has 0 unspecified atom stereocenters. The maximum absolute atomic E-state index is 12.0. The van der Waals surface area contributed by atoms with Gasteiger partial charge in [-0.15, -0.1) is 11.8 Å². The molecule has 1 aromatic carbocycles. The molecule has 112 valence electrons. The van der Waals surface area contributed by atoms with Gasteiger partial charge in [-0.1, -0.05) is 0 Å². The predicted octanol–water partition coefficient (Wildman–Crippen LogP) is 2.09. The van der Waals surface area contributed by atoms with Crippen LogP contribution in [-0.2, 0) is 9.59 Å². The van der Waals surface area contributed by atoms with Crippen LogP contribution in [0.25, 0.3) is 0 Å². The second kappa shape index (κ2) is 6.39. The zero-order valence-electron chi connectivity index (χ0n) is 11.7. The molecule has 0 aliphatic carbocycles. The van der Waals surface area contributed by atoms with E-state index in [0.717, 1.165) is 29.2 Å². The summed E-state index contributed by atoms with van der Waals surface area (Å²) in [7, 11) is 0. The van der Waals surface area contributed by atoms with Crippen molar-refractivity contribution in [2.75, 3.05) is 25.5 Å². The van der Waals surface area contributed by atoms with Crippen molar-refractivity contribution in [1.29, 1.82) is 0 Å². The second-order valence-electron chi connectivity index (χ2n) is 4.99. The molecule has 0 aromatic heterocycles. The maximum atomic E-state index is 12.0. The summed E-state index contributed by atoms with van der Waals surface area (Å²) < 4.78 is 11.2. The van der Waals surface area contributed by atoms with Gasteiger partial charge in [0.1, 0.15) is 0 Å². The summed E-state index contributed by atoms with van der Waals surface area (Å²) in [5.41, 5.74) is 0. The molecule has 0 bridgehead atoms. The van der Waals surface area contributed by atoms with Gasteiger partial charge in [-0.2, -0.15) is 0 Å². The lowest BCUT2D eigenvalue weighted by Gasteiger charge is -2.13. The van der Waals surface area contributed by atoms with Gasteiger partial charge in [0.2, 0.25) is 11.8 Å². The van der Waals surface area contributed by atoms with Gasteiger partial charge in [0.15, 0.2) is 11.5 Å². The number of benzene rings is 1. The van der Waals surface area contributed by atoms with Crippen molar-refractivity contribution in [3.63, 3.8) is 0 Å². The fourth-order valence-corrected chi connectivity index (χ4v) is 3.17. The van der Waals surface area contributed by atoms with Gasteiger partial charge >= 0.3 is 0 Å². The molecular formula is C15H17NO4S. The van der Waals surface area contributed by atoms with E-state index in [1.54, 1.807) is 0 Å². The van der Waals surface area contributed by atoms with E-state index >= 15 is 0 Å². The third-order valence-corrected chi connectivity index (χ3v) is 4.43. The summed E-state index contributed by atoms with van der Waals surface area (Å²) in [4.78, 5) is 25.8. The van der Waals surface area contributed by atoms with Crippen LogP contribution >= 0.6 is 11.8 Å². The Bertz CT molecular complexity index is 561. The molecule has 0 N–H and O–H groups in total. The highest BCUT2D eigenvalue weighted by atomic mass is 32.2.